The zero-order valence-electron chi connectivity index (χ0n) is 10.2. The molecule has 0 saturated carbocycles. The van der Waals surface area contributed by atoms with Crippen LogP contribution in [0.25, 0.3) is 0 Å². The van der Waals surface area contributed by atoms with Crippen molar-refractivity contribution in [2.45, 2.75) is 12.8 Å². The molecule has 5 nitrogen and oxygen atoms in total. The lowest BCUT2D eigenvalue weighted by Crippen LogP contribution is -2.30. The van der Waals surface area contributed by atoms with Gasteiger partial charge in [-0.2, -0.15) is 0 Å². The van der Waals surface area contributed by atoms with Crippen LogP contribution in [0.2, 0.25) is 0 Å². The Morgan fingerprint density at radius 3 is 2.94 bits per heavy atom. The van der Waals surface area contributed by atoms with Gasteiger partial charge in [0.15, 0.2) is 0 Å². The summed E-state index contributed by atoms with van der Waals surface area (Å²) in [7, 11) is 2.07. The van der Waals surface area contributed by atoms with Gasteiger partial charge in [-0.05, 0) is 30.9 Å². The summed E-state index contributed by atoms with van der Waals surface area (Å²) < 4.78 is 5.36. The van der Waals surface area contributed by atoms with E-state index < -0.39 is 0 Å². The molecule has 0 atom stereocenters. The van der Waals surface area contributed by atoms with Gasteiger partial charge >= 0.3 is 0 Å². The first kappa shape index (κ1) is 12.1. The molecule has 0 aromatic carbocycles. The fourth-order valence-corrected chi connectivity index (χ4v) is 2.13. The summed E-state index contributed by atoms with van der Waals surface area (Å²) in [5.41, 5.74) is 2.57. The SMILES string of the molecule is CN(CC1CCOCC1)c1cccc(NN)n1. The van der Waals surface area contributed by atoms with Gasteiger partial charge in [0.25, 0.3) is 0 Å². The van der Waals surface area contributed by atoms with Crippen molar-refractivity contribution in [3.63, 3.8) is 0 Å². The zero-order valence-corrected chi connectivity index (χ0v) is 10.2. The van der Waals surface area contributed by atoms with Crippen LogP contribution in [0.3, 0.4) is 0 Å². The minimum absolute atomic E-state index is 0.696. The van der Waals surface area contributed by atoms with Crippen LogP contribution in [0.5, 0.6) is 0 Å². The Morgan fingerprint density at radius 1 is 1.47 bits per heavy atom. The van der Waals surface area contributed by atoms with Gasteiger partial charge in [-0.25, -0.2) is 10.8 Å². The number of rotatable bonds is 4. The highest BCUT2D eigenvalue weighted by molar-refractivity contribution is 5.45. The molecular weight excluding hydrogens is 216 g/mol. The Kier molecular flexibility index (Phi) is 4.17. The Balaban J connectivity index is 1.95. The molecule has 1 fully saturated rings. The maximum absolute atomic E-state index is 5.36. The largest absolute Gasteiger partial charge is 0.381 e. The molecule has 0 spiro atoms. The third-order valence-corrected chi connectivity index (χ3v) is 3.15. The Labute approximate surface area is 102 Å². The van der Waals surface area contributed by atoms with Crippen LogP contribution >= 0.6 is 0 Å². The van der Waals surface area contributed by atoms with E-state index >= 15 is 0 Å². The van der Waals surface area contributed by atoms with E-state index in [1.54, 1.807) is 0 Å². The van der Waals surface area contributed by atoms with Gasteiger partial charge in [-0.15, -0.1) is 0 Å². The van der Waals surface area contributed by atoms with Crippen molar-refractivity contribution in [3.05, 3.63) is 18.2 Å². The molecule has 2 heterocycles. The fraction of sp³-hybridized carbons (Fsp3) is 0.583. The summed E-state index contributed by atoms with van der Waals surface area (Å²) in [4.78, 5) is 6.59. The van der Waals surface area contributed by atoms with Gasteiger partial charge in [-0.1, -0.05) is 6.07 Å². The van der Waals surface area contributed by atoms with E-state index in [1.165, 1.54) is 0 Å². The van der Waals surface area contributed by atoms with Gasteiger partial charge in [0.2, 0.25) is 0 Å². The first-order valence-corrected chi connectivity index (χ1v) is 6.02. The minimum Gasteiger partial charge on any atom is -0.381 e. The van der Waals surface area contributed by atoms with E-state index in [0.717, 1.165) is 38.4 Å². The zero-order chi connectivity index (χ0) is 12.1. The second kappa shape index (κ2) is 5.84. The van der Waals surface area contributed by atoms with Crippen LogP contribution in [0.4, 0.5) is 11.6 Å². The van der Waals surface area contributed by atoms with Crippen LogP contribution in [-0.2, 0) is 4.74 Å². The summed E-state index contributed by atoms with van der Waals surface area (Å²) in [6.45, 7) is 2.79. The predicted octanol–water partition coefficient (Wildman–Crippen LogP) is 1.23. The van der Waals surface area contributed by atoms with Crippen molar-refractivity contribution in [1.82, 2.24) is 4.98 Å². The van der Waals surface area contributed by atoms with Gasteiger partial charge in [0.1, 0.15) is 11.6 Å². The number of hydrogen-bond acceptors (Lipinski definition) is 5. The molecule has 0 aliphatic carbocycles. The van der Waals surface area contributed by atoms with Crippen molar-refractivity contribution in [3.8, 4) is 0 Å². The van der Waals surface area contributed by atoms with Gasteiger partial charge in [-0.3, -0.25) is 0 Å². The Hall–Kier alpha value is -1.33. The lowest BCUT2D eigenvalue weighted by atomic mass is 10.00. The van der Waals surface area contributed by atoms with E-state index in [9.17, 15) is 0 Å². The molecule has 0 unspecified atom stereocenters. The van der Waals surface area contributed by atoms with Gasteiger partial charge in [0.05, 0.1) is 0 Å². The van der Waals surface area contributed by atoms with Crippen LogP contribution < -0.4 is 16.2 Å². The molecule has 1 saturated heterocycles. The highest BCUT2D eigenvalue weighted by Gasteiger charge is 2.16. The number of pyridine rings is 1. The van der Waals surface area contributed by atoms with E-state index in [-0.39, 0.29) is 0 Å². The summed E-state index contributed by atoms with van der Waals surface area (Å²) in [5, 5.41) is 0. The number of ether oxygens (including phenoxy) is 1. The van der Waals surface area contributed by atoms with Gasteiger partial charge in [0, 0.05) is 26.8 Å². The van der Waals surface area contributed by atoms with Crippen molar-refractivity contribution in [2.24, 2.45) is 11.8 Å². The summed E-state index contributed by atoms with van der Waals surface area (Å²) in [5.74, 6) is 7.70. The second-order valence-electron chi connectivity index (χ2n) is 4.46. The Bertz CT molecular complexity index is 352. The molecule has 0 bridgehead atoms. The molecule has 94 valence electrons. The number of nitrogens with two attached hydrogens (primary N) is 1. The first-order valence-electron chi connectivity index (χ1n) is 6.02. The molecule has 17 heavy (non-hydrogen) atoms. The number of hydrazine groups is 1. The maximum Gasteiger partial charge on any atom is 0.142 e. The second-order valence-corrected chi connectivity index (χ2v) is 4.46. The monoisotopic (exact) mass is 236 g/mol. The molecule has 3 N–H and O–H groups in total. The standard InChI is InChI=1S/C12H20N4O/c1-16(9-10-5-7-17-8-6-10)12-4-2-3-11(14-12)15-13/h2-4,10H,5-9,13H2,1H3,(H,14,15). The number of nitrogen functional groups attached to an aromatic ring is 1. The average molecular weight is 236 g/mol. The number of aromatic nitrogens is 1. The van der Waals surface area contributed by atoms with E-state index in [2.05, 4.69) is 22.4 Å². The van der Waals surface area contributed by atoms with Crippen LogP contribution in [-0.4, -0.2) is 31.8 Å². The molecule has 2 rings (SSSR count). The smallest absolute Gasteiger partial charge is 0.142 e. The molecule has 1 aromatic rings. The fourth-order valence-electron chi connectivity index (χ4n) is 2.13. The van der Waals surface area contributed by atoms with Crippen LogP contribution in [0.1, 0.15) is 12.8 Å². The molecule has 1 aromatic heterocycles. The third-order valence-electron chi connectivity index (χ3n) is 3.15. The summed E-state index contributed by atoms with van der Waals surface area (Å²) in [6, 6.07) is 5.81. The first-order chi connectivity index (χ1) is 8.29. The lowest BCUT2D eigenvalue weighted by Gasteiger charge is -2.27. The molecule has 5 heteroatoms. The topological polar surface area (TPSA) is 63.4 Å². The van der Waals surface area contributed by atoms with Gasteiger partial charge < -0.3 is 15.1 Å². The van der Waals surface area contributed by atoms with Crippen molar-refractivity contribution in [1.29, 1.82) is 0 Å². The summed E-state index contributed by atoms with van der Waals surface area (Å²) >= 11 is 0. The van der Waals surface area contributed by atoms with Crippen molar-refractivity contribution < 1.29 is 4.74 Å². The minimum atomic E-state index is 0.696. The molecule has 0 radical (unpaired) electrons. The molecular formula is C12H20N4O. The van der Waals surface area contributed by atoms with E-state index in [0.29, 0.717) is 11.7 Å². The number of hydrogen-bond donors (Lipinski definition) is 2. The van der Waals surface area contributed by atoms with Crippen molar-refractivity contribution in [2.75, 3.05) is 37.1 Å². The third kappa shape index (κ3) is 3.31. The molecule has 1 aliphatic heterocycles. The normalized spacial score (nSPS) is 16.8. The van der Waals surface area contributed by atoms with E-state index in [4.69, 9.17) is 10.6 Å². The van der Waals surface area contributed by atoms with E-state index in [1.807, 2.05) is 18.2 Å². The maximum atomic E-state index is 5.36. The number of anilines is 2. The average Bonchev–Trinajstić information content (AvgIpc) is 2.40. The lowest BCUT2D eigenvalue weighted by molar-refractivity contribution is 0.0685. The molecule has 1 aliphatic rings. The van der Waals surface area contributed by atoms with Crippen LogP contribution in [0.15, 0.2) is 18.2 Å². The Morgan fingerprint density at radius 2 is 2.24 bits per heavy atom. The number of nitrogens with zero attached hydrogens (tertiary/aromatic N) is 2. The highest BCUT2D eigenvalue weighted by atomic mass is 16.5. The highest BCUT2D eigenvalue weighted by Crippen LogP contribution is 2.19. The van der Waals surface area contributed by atoms with Crippen molar-refractivity contribution >= 4 is 11.6 Å². The number of nitrogens with one attached hydrogen (secondary N) is 1. The molecule has 0 amide bonds. The summed E-state index contributed by atoms with van der Waals surface area (Å²) in [6.07, 6.45) is 2.28. The predicted molar refractivity (Wildman–Crippen MR) is 68.9 cm³/mol. The van der Waals surface area contributed by atoms with Crippen LogP contribution in [0, 0.1) is 5.92 Å². The quantitative estimate of drug-likeness (QED) is 0.608.